The smallest absolute Gasteiger partial charge is 0.281 e. The van der Waals surface area contributed by atoms with Gasteiger partial charge in [-0.15, -0.1) is 0 Å². The maximum atomic E-state index is 13.8. The average Bonchev–Trinajstić information content (AvgIpc) is 3.33. The standard InChI is InChI=1S/C25H20FN7O2/c26-18-5-3-4-16(14-18)22-23-28-24(34)19-8-7-17(15-20(19)33(23)30-29-22)25(35)32-12-10-31(11-13-32)21-6-1-2-9-27-21/h1-9,14-15,30H,10-13H2. The van der Waals surface area contributed by atoms with Crippen molar-refractivity contribution >= 4 is 28.3 Å². The van der Waals surface area contributed by atoms with Crippen molar-refractivity contribution in [2.75, 3.05) is 31.1 Å². The number of carbonyl (C=O) groups is 1. The molecule has 0 spiro atoms. The van der Waals surface area contributed by atoms with E-state index in [0.29, 0.717) is 53.9 Å². The van der Waals surface area contributed by atoms with Crippen molar-refractivity contribution in [2.24, 2.45) is 0 Å². The SMILES string of the molecule is O=C(c1ccc2c(=O)nc3c(-c4cccc(F)c4)n[nH]n3c2c1)N1CCN(c2ccccn2)CC1. The van der Waals surface area contributed by atoms with Crippen molar-refractivity contribution < 1.29 is 9.18 Å². The molecule has 4 heterocycles. The number of pyridine rings is 1. The van der Waals surface area contributed by atoms with Gasteiger partial charge in [-0.2, -0.15) is 10.1 Å². The molecule has 0 radical (unpaired) electrons. The van der Waals surface area contributed by atoms with Crippen LogP contribution in [0.2, 0.25) is 0 Å². The molecule has 1 N–H and O–H groups in total. The van der Waals surface area contributed by atoms with Crippen LogP contribution in [0.5, 0.6) is 0 Å². The summed E-state index contributed by atoms with van der Waals surface area (Å²) < 4.78 is 15.3. The summed E-state index contributed by atoms with van der Waals surface area (Å²) in [6.07, 6.45) is 1.76. The number of amides is 1. The quantitative estimate of drug-likeness (QED) is 0.436. The molecule has 35 heavy (non-hydrogen) atoms. The van der Waals surface area contributed by atoms with Crippen LogP contribution >= 0.6 is 0 Å². The molecule has 0 aliphatic carbocycles. The second-order valence-electron chi connectivity index (χ2n) is 8.35. The third-order valence-electron chi connectivity index (χ3n) is 6.25. The minimum absolute atomic E-state index is 0.115. The van der Waals surface area contributed by atoms with Crippen molar-refractivity contribution in [1.29, 1.82) is 0 Å². The fraction of sp³-hybridized carbons (Fsp3) is 0.160. The first-order valence-electron chi connectivity index (χ1n) is 11.2. The Morgan fingerprint density at radius 1 is 0.971 bits per heavy atom. The fourth-order valence-electron chi connectivity index (χ4n) is 4.45. The van der Waals surface area contributed by atoms with E-state index in [4.69, 9.17) is 0 Å². The molecule has 1 fully saturated rings. The zero-order valence-electron chi connectivity index (χ0n) is 18.6. The Balaban J connectivity index is 1.33. The minimum atomic E-state index is -0.443. The molecular formula is C25H20FN7O2. The third kappa shape index (κ3) is 3.68. The Labute approximate surface area is 198 Å². The van der Waals surface area contributed by atoms with E-state index in [9.17, 15) is 14.0 Å². The monoisotopic (exact) mass is 469 g/mol. The first kappa shape index (κ1) is 21.0. The Bertz CT molecular complexity index is 1620. The lowest BCUT2D eigenvalue weighted by Crippen LogP contribution is -2.49. The Morgan fingerprint density at radius 3 is 2.60 bits per heavy atom. The molecular weight excluding hydrogens is 449 g/mol. The molecule has 0 atom stereocenters. The fourth-order valence-corrected chi connectivity index (χ4v) is 4.45. The van der Waals surface area contributed by atoms with Gasteiger partial charge in [-0.25, -0.2) is 19.1 Å². The van der Waals surface area contributed by atoms with Gasteiger partial charge in [0.1, 0.15) is 17.3 Å². The second kappa shape index (κ2) is 8.32. The van der Waals surface area contributed by atoms with E-state index in [0.717, 1.165) is 5.82 Å². The third-order valence-corrected chi connectivity index (χ3v) is 6.25. The van der Waals surface area contributed by atoms with E-state index < -0.39 is 11.4 Å². The van der Waals surface area contributed by atoms with Crippen molar-refractivity contribution in [2.45, 2.75) is 0 Å². The van der Waals surface area contributed by atoms with Crippen LogP contribution in [0.4, 0.5) is 10.2 Å². The highest BCUT2D eigenvalue weighted by Crippen LogP contribution is 2.24. The molecule has 10 heteroatoms. The number of H-pyrrole nitrogens is 1. The minimum Gasteiger partial charge on any atom is -0.353 e. The van der Waals surface area contributed by atoms with Gasteiger partial charge < -0.3 is 9.80 Å². The van der Waals surface area contributed by atoms with Crippen LogP contribution in [0.25, 0.3) is 27.8 Å². The van der Waals surface area contributed by atoms with Gasteiger partial charge in [0, 0.05) is 43.5 Å². The van der Waals surface area contributed by atoms with E-state index >= 15 is 0 Å². The molecule has 1 amide bonds. The maximum Gasteiger partial charge on any atom is 0.281 e. The van der Waals surface area contributed by atoms with E-state index in [-0.39, 0.29) is 11.6 Å². The molecule has 2 aromatic carbocycles. The van der Waals surface area contributed by atoms with Crippen LogP contribution in [0.3, 0.4) is 0 Å². The first-order chi connectivity index (χ1) is 17.1. The molecule has 174 valence electrons. The zero-order chi connectivity index (χ0) is 23.9. The number of nitrogens with zero attached hydrogens (tertiary/aromatic N) is 6. The number of aromatic nitrogens is 5. The number of rotatable bonds is 3. The average molecular weight is 469 g/mol. The van der Waals surface area contributed by atoms with Crippen LogP contribution < -0.4 is 10.5 Å². The summed E-state index contributed by atoms with van der Waals surface area (Å²) in [5, 5.41) is 7.47. The summed E-state index contributed by atoms with van der Waals surface area (Å²) >= 11 is 0. The summed E-state index contributed by atoms with van der Waals surface area (Å²) in [7, 11) is 0. The Morgan fingerprint density at radius 2 is 1.83 bits per heavy atom. The van der Waals surface area contributed by atoms with Gasteiger partial charge in [-0.3, -0.25) is 9.59 Å². The van der Waals surface area contributed by atoms with Gasteiger partial charge in [0.05, 0.1) is 10.9 Å². The Hall–Kier alpha value is -4.60. The topological polar surface area (TPSA) is 99.5 Å². The summed E-state index contributed by atoms with van der Waals surface area (Å²) in [6.45, 7) is 2.49. The molecule has 3 aromatic heterocycles. The maximum absolute atomic E-state index is 13.8. The molecule has 1 aliphatic rings. The number of halogens is 1. The van der Waals surface area contributed by atoms with E-state index in [1.807, 2.05) is 18.2 Å². The first-order valence-corrected chi connectivity index (χ1v) is 11.2. The van der Waals surface area contributed by atoms with Gasteiger partial charge in [-0.05, 0) is 42.5 Å². The molecule has 1 aliphatic heterocycles. The van der Waals surface area contributed by atoms with Crippen LogP contribution in [0.1, 0.15) is 10.4 Å². The van der Waals surface area contributed by atoms with Gasteiger partial charge in [0.15, 0.2) is 5.65 Å². The van der Waals surface area contributed by atoms with Gasteiger partial charge in [-0.1, -0.05) is 18.2 Å². The van der Waals surface area contributed by atoms with Crippen molar-refractivity contribution in [3.8, 4) is 11.3 Å². The summed E-state index contributed by atoms with van der Waals surface area (Å²) in [6, 6.07) is 16.6. The number of aromatic amines is 1. The lowest BCUT2D eigenvalue weighted by Gasteiger charge is -2.35. The highest BCUT2D eigenvalue weighted by molar-refractivity contribution is 5.98. The number of benzene rings is 2. The lowest BCUT2D eigenvalue weighted by atomic mass is 10.1. The van der Waals surface area contributed by atoms with Gasteiger partial charge >= 0.3 is 0 Å². The second-order valence-corrected chi connectivity index (χ2v) is 8.35. The number of carbonyl (C=O) groups excluding carboxylic acids is 1. The molecule has 9 nitrogen and oxygen atoms in total. The lowest BCUT2D eigenvalue weighted by molar-refractivity contribution is 0.0746. The molecule has 6 rings (SSSR count). The predicted molar refractivity (Wildman–Crippen MR) is 129 cm³/mol. The van der Waals surface area contributed by atoms with Crippen molar-refractivity contribution in [3.63, 3.8) is 0 Å². The molecule has 1 saturated heterocycles. The number of fused-ring (bicyclic) bond motifs is 3. The highest BCUT2D eigenvalue weighted by Gasteiger charge is 2.24. The van der Waals surface area contributed by atoms with Crippen LogP contribution in [0, 0.1) is 5.82 Å². The van der Waals surface area contributed by atoms with Crippen molar-refractivity contribution in [3.05, 3.63) is 88.6 Å². The van der Waals surface area contributed by atoms with E-state index in [2.05, 4.69) is 25.2 Å². The van der Waals surface area contributed by atoms with Crippen molar-refractivity contribution in [1.82, 2.24) is 29.7 Å². The van der Waals surface area contributed by atoms with Gasteiger partial charge in [0.25, 0.3) is 11.5 Å². The Kier molecular flexibility index (Phi) is 4.98. The molecule has 0 saturated carbocycles. The largest absolute Gasteiger partial charge is 0.353 e. The molecule has 5 aromatic rings. The molecule has 0 unspecified atom stereocenters. The van der Waals surface area contributed by atoms with E-state index in [1.165, 1.54) is 12.1 Å². The number of hydrogen-bond acceptors (Lipinski definition) is 6. The van der Waals surface area contributed by atoms with Crippen LogP contribution in [-0.2, 0) is 0 Å². The number of piperazine rings is 1. The van der Waals surface area contributed by atoms with E-state index in [1.54, 1.807) is 45.9 Å². The normalized spacial score (nSPS) is 14.1. The number of nitrogens with one attached hydrogen (secondary N) is 1. The summed E-state index contributed by atoms with van der Waals surface area (Å²) in [5.41, 5.74) is 1.61. The predicted octanol–water partition coefficient (Wildman–Crippen LogP) is 2.73. The number of hydrogen-bond donors (Lipinski definition) is 1. The summed E-state index contributed by atoms with van der Waals surface area (Å²) in [4.78, 5) is 38.5. The van der Waals surface area contributed by atoms with Crippen LogP contribution in [0.15, 0.2) is 71.7 Å². The van der Waals surface area contributed by atoms with Gasteiger partial charge in [0.2, 0.25) is 0 Å². The van der Waals surface area contributed by atoms with Crippen LogP contribution in [-0.4, -0.2) is 61.8 Å². The summed E-state index contributed by atoms with van der Waals surface area (Å²) in [5.74, 6) is 0.367. The highest BCUT2D eigenvalue weighted by atomic mass is 19.1. The zero-order valence-corrected chi connectivity index (χ0v) is 18.6. The molecule has 0 bridgehead atoms. The number of anilines is 1.